The zero-order valence-electron chi connectivity index (χ0n) is 6.13. The van der Waals surface area contributed by atoms with E-state index in [9.17, 15) is 0 Å². The van der Waals surface area contributed by atoms with Crippen molar-refractivity contribution in [2.24, 2.45) is 0 Å². The second-order valence-corrected chi connectivity index (χ2v) is 3.51. The van der Waals surface area contributed by atoms with E-state index in [0.29, 0.717) is 0 Å². The second kappa shape index (κ2) is 2.67. The van der Waals surface area contributed by atoms with E-state index in [0.717, 1.165) is 10.9 Å². The lowest BCUT2D eigenvalue weighted by Crippen LogP contribution is -1.77. The van der Waals surface area contributed by atoms with E-state index in [2.05, 4.69) is 29.1 Å². The van der Waals surface area contributed by atoms with E-state index in [1.165, 1.54) is 18.5 Å². The first-order valence-electron chi connectivity index (χ1n) is 3.63. The largest absolute Gasteiger partial charge is 0.232 e. The molecule has 0 aromatic carbocycles. The molecule has 0 unspecified atom stereocenters. The monoisotopic (exact) mass is 162 g/mol. The highest BCUT2D eigenvalue weighted by molar-refractivity contribution is 7.10. The summed E-state index contributed by atoms with van der Waals surface area (Å²) in [5, 5.41) is 3.01. The Morgan fingerprint density at radius 2 is 2.45 bits per heavy atom. The van der Waals surface area contributed by atoms with Crippen LogP contribution in [0.4, 0.5) is 0 Å². The predicted octanol–water partition coefficient (Wildman–Crippen LogP) is 2.21. The summed E-state index contributed by atoms with van der Waals surface area (Å²) in [5.41, 5.74) is 1.23. The summed E-state index contributed by atoms with van der Waals surface area (Å²) >= 11 is 1.62. The molecule has 0 amide bonds. The fraction of sp³-hybridized carbons (Fsp3) is 0.333. The van der Waals surface area contributed by atoms with Crippen LogP contribution in [0.5, 0.6) is 0 Å². The van der Waals surface area contributed by atoms with Gasteiger partial charge in [-0.1, -0.05) is 5.92 Å². The standard InChI is InChI=1S/C9H8NS/c1-2-3-9-10-8(6-11-9)7-4-5-7/h6-7H,1,4-5H2. The van der Waals surface area contributed by atoms with Crippen molar-refractivity contribution < 1.29 is 0 Å². The van der Waals surface area contributed by atoms with Gasteiger partial charge in [0, 0.05) is 18.2 Å². The van der Waals surface area contributed by atoms with E-state index in [-0.39, 0.29) is 0 Å². The smallest absolute Gasteiger partial charge is 0.167 e. The average molecular weight is 162 g/mol. The first-order chi connectivity index (χ1) is 5.40. The maximum Gasteiger partial charge on any atom is 0.167 e. The van der Waals surface area contributed by atoms with Gasteiger partial charge in [0.15, 0.2) is 5.01 Å². The molecule has 1 fully saturated rings. The summed E-state index contributed by atoms with van der Waals surface area (Å²) in [5.74, 6) is 6.20. The number of hydrogen-bond donors (Lipinski definition) is 0. The Balaban J connectivity index is 2.22. The van der Waals surface area contributed by atoms with Crippen LogP contribution in [-0.2, 0) is 0 Å². The van der Waals surface area contributed by atoms with E-state index >= 15 is 0 Å². The fourth-order valence-corrected chi connectivity index (χ4v) is 1.75. The van der Waals surface area contributed by atoms with Gasteiger partial charge in [0.1, 0.15) is 0 Å². The van der Waals surface area contributed by atoms with Crippen LogP contribution in [0.3, 0.4) is 0 Å². The van der Waals surface area contributed by atoms with Crippen LogP contribution in [0.25, 0.3) is 0 Å². The summed E-state index contributed by atoms with van der Waals surface area (Å²) in [4.78, 5) is 4.37. The third-order valence-corrected chi connectivity index (χ3v) is 2.49. The molecule has 0 atom stereocenters. The molecular weight excluding hydrogens is 154 g/mol. The van der Waals surface area contributed by atoms with Gasteiger partial charge in [0.2, 0.25) is 0 Å². The van der Waals surface area contributed by atoms with Gasteiger partial charge in [-0.3, -0.25) is 0 Å². The maximum atomic E-state index is 4.37. The van der Waals surface area contributed by atoms with Crippen LogP contribution >= 0.6 is 11.3 Å². The quantitative estimate of drug-likeness (QED) is 0.577. The first-order valence-corrected chi connectivity index (χ1v) is 4.51. The molecule has 2 rings (SSSR count). The number of hydrogen-bond acceptors (Lipinski definition) is 2. The van der Waals surface area contributed by atoms with Gasteiger partial charge in [-0.2, -0.15) is 0 Å². The van der Waals surface area contributed by atoms with Crippen molar-refractivity contribution in [3.05, 3.63) is 23.0 Å². The van der Waals surface area contributed by atoms with E-state index in [1.54, 1.807) is 11.3 Å². The molecule has 1 aliphatic rings. The van der Waals surface area contributed by atoms with Crippen LogP contribution < -0.4 is 0 Å². The maximum absolute atomic E-state index is 4.37. The Bertz CT molecular complexity index is 312. The van der Waals surface area contributed by atoms with Crippen LogP contribution in [0.2, 0.25) is 0 Å². The normalized spacial score (nSPS) is 15.7. The summed E-state index contributed by atoms with van der Waals surface area (Å²) in [7, 11) is 0. The minimum Gasteiger partial charge on any atom is -0.232 e. The molecular formula is C9H8NS. The van der Waals surface area contributed by atoms with Crippen LogP contribution in [0.1, 0.15) is 29.5 Å². The Kier molecular flexibility index (Phi) is 1.67. The summed E-state index contributed by atoms with van der Waals surface area (Å²) in [6.45, 7) is 3.46. The zero-order chi connectivity index (χ0) is 7.68. The zero-order valence-corrected chi connectivity index (χ0v) is 6.95. The number of rotatable bonds is 1. The van der Waals surface area contributed by atoms with Gasteiger partial charge < -0.3 is 0 Å². The highest BCUT2D eigenvalue weighted by Gasteiger charge is 2.25. The van der Waals surface area contributed by atoms with Gasteiger partial charge in [0.25, 0.3) is 0 Å². The SMILES string of the molecule is [CH2]C#Cc1nc(C2CC2)cs1. The van der Waals surface area contributed by atoms with Crippen molar-refractivity contribution in [1.82, 2.24) is 4.98 Å². The minimum atomic E-state index is 0.742. The molecule has 2 heteroatoms. The molecule has 1 aromatic heterocycles. The van der Waals surface area contributed by atoms with Crippen molar-refractivity contribution in [1.29, 1.82) is 0 Å². The predicted molar refractivity (Wildman–Crippen MR) is 46.3 cm³/mol. The summed E-state index contributed by atoms with van der Waals surface area (Å²) < 4.78 is 0. The molecule has 0 spiro atoms. The lowest BCUT2D eigenvalue weighted by molar-refractivity contribution is 1.05. The number of nitrogens with zero attached hydrogens (tertiary/aromatic N) is 1. The van der Waals surface area contributed by atoms with Crippen molar-refractivity contribution in [2.75, 3.05) is 0 Å². The average Bonchev–Trinajstić information content (AvgIpc) is 2.75. The third-order valence-electron chi connectivity index (χ3n) is 1.71. The fourth-order valence-electron chi connectivity index (χ4n) is 0.986. The van der Waals surface area contributed by atoms with E-state index < -0.39 is 0 Å². The molecule has 1 aromatic rings. The van der Waals surface area contributed by atoms with Crippen LogP contribution in [0, 0.1) is 18.8 Å². The molecule has 0 aliphatic heterocycles. The van der Waals surface area contributed by atoms with Crippen molar-refractivity contribution in [3.63, 3.8) is 0 Å². The van der Waals surface area contributed by atoms with E-state index in [1.807, 2.05) is 0 Å². The van der Waals surface area contributed by atoms with Gasteiger partial charge in [0.05, 0.1) is 5.69 Å². The molecule has 1 saturated carbocycles. The number of aromatic nitrogens is 1. The van der Waals surface area contributed by atoms with Crippen molar-refractivity contribution in [3.8, 4) is 11.8 Å². The van der Waals surface area contributed by atoms with Gasteiger partial charge in [-0.25, -0.2) is 4.98 Å². The molecule has 0 saturated heterocycles. The Morgan fingerprint density at radius 3 is 3.09 bits per heavy atom. The molecule has 0 bridgehead atoms. The molecule has 1 heterocycles. The molecule has 1 aliphatic carbocycles. The van der Waals surface area contributed by atoms with Crippen molar-refractivity contribution in [2.45, 2.75) is 18.8 Å². The van der Waals surface area contributed by atoms with Gasteiger partial charge in [-0.05, 0) is 18.8 Å². The summed E-state index contributed by atoms with van der Waals surface area (Å²) in [6, 6.07) is 0. The molecule has 1 nitrogen and oxygen atoms in total. The lowest BCUT2D eigenvalue weighted by atomic mass is 10.3. The molecule has 11 heavy (non-hydrogen) atoms. The molecule has 55 valence electrons. The van der Waals surface area contributed by atoms with E-state index in [4.69, 9.17) is 0 Å². The summed E-state index contributed by atoms with van der Waals surface area (Å²) in [6.07, 6.45) is 2.61. The lowest BCUT2D eigenvalue weighted by Gasteiger charge is -1.82. The van der Waals surface area contributed by atoms with Gasteiger partial charge >= 0.3 is 0 Å². The van der Waals surface area contributed by atoms with Crippen molar-refractivity contribution >= 4 is 11.3 Å². The Hall–Kier alpha value is -0.810. The topological polar surface area (TPSA) is 12.9 Å². The first kappa shape index (κ1) is 6.87. The highest BCUT2D eigenvalue weighted by atomic mass is 32.1. The third kappa shape index (κ3) is 1.44. The highest BCUT2D eigenvalue weighted by Crippen LogP contribution is 2.39. The minimum absolute atomic E-state index is 0.742. The Labute approximate surface area is 70.5 Å². The Morgan fingerprint density at radius 1 is 1.64 bits per heavy atom. The second-order valence-electron chi connectivity index (χ2n) is 2.65. The number of thiazole rings is 1. The molecule has 0 N–H and O–H groups in total. The molecule has 1 radical (unpaired) electrons. The van der Waals surface area contributed by atoms with Crippen LogP contribution in [0.15, 0.2) is 5.38 Å². The van der Waals surface area contributed by atoms with Crippen LogP contribution in [-0.4, -0.2) is 4.98 Å². The van der Waals surface area contributed by atoms with Gasteiger partial charge in [-0.15, -0.1) is 11.3 Å².